The van der Waals surface area contributed by atoms with E-state index in [-0.39, 0.29) is 47.4 Å². The van der Waals surface area contributed by atoms with E-state index in [0.29, 0.717) is 0 Å². The molecule has 0 radical (unpaired) electrons. The van der Waals surface area contributed by atoms with Crippen LogP contribution in [0.1, 0.15) is 35.5 Å². The number of amides is 2. The molecule has 2 aromatic rings. The van der Waals surface area contributed by atoms with Gasteiger partial charge in [0.05, 0.1) is 25.3 Å². The van der Waals surface area contributed by atoms with Gasteiger partial charge in [-0.25, -0.2) is 18.0 Å². The quantitative estimate of drug-likeness (QED) is 0.0568. The second kappa shape index (κ2) is 23.9. The molecule has 1 saturated heterocycles. The first-order valence-corrected chi connectivity index (χ1v) is 24.6. The number of carbonyl (C=O) groups is 6. The van der Waals surface area contributed by atoms with Crippen LogP contribution in [0.25, 0.3) is 0 Å². The predicted molar refractivity (Wildman–Crippen MR) is 229 cm³/mol. The minimum absolute atomic E-state index is 0.0370. The first kappa shape index (κ1) is 48.0. The third-order valence-corrected chi connectivity index (χ3v) is 15.9. The van der Waals surface area contributed by atoms with Crippen LogP contribution in [0, 0.1) is 0 Å². The summed E-state index contributed by atoms with van der Waals surface area (Å²) in [6, 6.07) is 8.12. The Hall–Kier alpha value is -2.41. The van der Waals surface area contributed by atoms with Crippen LogP contribution in [0.2, 0.25) is 0 Å². The normalized spacial score (nSPS) is 21.0. The number of thiol groups is 2. The second-order valence-electron chi connectivity index (χ2n) is 12.0. The van der Waals surface area contributed by atoms with Crippen LogP contribution in [0.5, 0.6) is 0 Å². The molecule has 1 aliphatic heterocycles. The smallest absolute Gasteiger partial charge is 0.329 e. The Balaban J connectivity index is 2.06. The molecule has 8 atom stereocenters. The monoisotopic (exact) mass is 907 g/mol. The summed E-state index contributed by atoms with van der Waals surface area (Å²) in [6.07, 6.45) is 0. The van der Waals surface area contributed by atoms with Crippen LogP contribution in [0.4, 0.5) is 0 Å². The van der Waals surface area contributed by atoms with Gasteiger partial charge < -0.3 is 31.6 Å². The van der Waals surface area contributed by atoms with Crippen molar-refractivity contribution >= 4 is 112 Å². The predicted octanol–water partition coefficient (Wildman–Crippen LogP) is 1.65. The standard InChI is InChI=1S/C34H45N5O10S7/c1-3-48-31(42)23(17-52-54-33(44)21(35)15-50)37-29(40)25-27(19-11-7-5-8-12-19)56(46,47)28(20-13-9-6-10-14-20)26(39-25)30(41)38-24(32(43)49-4-2)18-53-55-34(45)22(36)16-51/h5-14,21-28,39,50-51H,3-4,15-18,35-36H2,1-2H3,(H,37,40)(H,38,41)/t21-,22-,23?,24?,25?,26?,27?,28?/m0/s1. The highest BCUT2D eigenvalue weighted by Gasteiger charge is 2.55. The lowest BCUT2D eigenvalue weighted by atomic mass is 9.98. The summed E-state index contributed by atoms with van der Waals surface area (Å²) < 4.78 is 40.3. The molecule has 1 aliphatic rings. The van der Waals surface area contributed by atoms with Crippen molar-refractivity contribution in [2.45, 2.75) is 60.6 Å². The SMILES string of the molecule is CCOC(=O)C(CSSC(=O)[C@@H](N)CS)NC(=O)C1NC(C(=O)NC(CSSC(=O)[C@@H](N)CS)C(=O)OCC)C(c2ccccc2)S(=O)(=O)C1c1ccccc1. The minimum Gasteiger partial charge on any atom is -0.464 e. The molecule has 3 rings (SSSR count). The average Bonchev–Trinajstić information content (AvgIpc) is 3.19. The molecule has 6 unspecified atom stereocenters. The van der Waals surface area contributed by atoms with E-state index >= 15 is 0 Å². The summed E-state index contributed by atoms with van der Waals surface area (Å²) in [6.45, 7) is 3.06. The zero-order valence-corrected chi connectivity index (χ0v) is 36.2. The number of nitrogens with one attached hydrogen (secondary N) is 3. The Morgan fingerprint density at radius 1 is 0.696 bits per heavy atom. The number of hydrogen-bond acceptors (Lipinski definition) is 19. The zero-order chi connectivity index (χ0) is 41.4. The van der Waals surface area contributed by atoms with E-state index in [1.807, 2.05) is 0 Å². The molecule has 22 heteroatoms. The fourth-order valence-corrected chi connectivity index (χ4v) is 12.6. The molecule has 2 aromatic carbocycles. The maximum absolute atomic E-state index is 15.0. The van der Waals surface area contributed by atoms with E-state index in [0.717, 1.165) is 43.2 Å². The van der Waals surface area contributed by atoms with Crippen molar-refractivity contribution in [3.63, 3.8) is 0 Å². The van der Waals surface area contributed by atoms with Crippen LogP contribution in [-0.2, 0) is 48.1 Å². The first-order valence-electron chi connectivity index (χ1n) is 17.1. The zero-order valence-electron chi connectivity index (χ0n) is 30.3. The van der Waals surface area contributed by atoms with Gasteiger partial charge in [0.2, 0.25) is 22.0 Å². The maximum atomic E-state index is 15.0. The van der Waals surface area contributed by atoms with Gasteiger partial charge in [-0.2, -0.15) is 25.3 Å². The van der Waals surface area contributed by atoms with Gasteiger partial charge in [0.15, 0.2) is 9.84 Å². The van der Waals surface area contributed by atoms with Gasteiger partial charge in [0.25, 0.3) is 0 Å². The summed E-state index contributed by atoms with van der Waals surface area (Å²) in [5.74, 6) is -3.73. The summed E-state index contributed by atoms with van der Waals surface area (Å²) in [4.78, 5) is 79.5. The van der Waals surface area contributed by atoms with Crippen molar-refractivity contribution in [1.82, 2.24) is 16.0 Å². The highest BCUT2D eigenvalue weighted by Crippen LogP contribution is 2.43. The summed E-state index contributed by atoms with van der Waals surface area (Å²) in [5, 5.41) is 4.15. The van der Waals surface area contributed by atoms with E-state index in [1.54, 1.807) is 50.2 Å². The number of benzene rings is 2. The van der Waals surface area contributed by atoms with Crippen molar-refractivity contribution in [1.29, 1.82) is 0 Å². The molecule has 0 spiro atoms. The average molecular weight is 908 g/mol. The molecule has 2 amide bonds. The summed E-state index contributed by atoms with van der Waals surface area (Å²) in [7, 11) is -1.13. The number of carbonyl (C=O) groups excluding carboxylic acids is 6. The Bertz CT molecular complexity index is 1640. The molecule has 0 aromatic heterocycles. The van der Waals surface area contributed by atoms with Crippen LogP contribution < -0.4 is 27.4 Å². The number of hydrogen-bond donors (Lipinski definition) is 7. The number of esters is 2. The number of rotatable bonds is 20. The molecule has 308 valence electrons. The van der Waals surface area contributed by atoms with Gasteiger partial charge in [-0.05, 0) is 46.6 Å². The lowest BCUT2D eigenvalue weighted by molar-refractivity contribution is -0.147. The third-order valence-electron chi connectivity index (χ3n) is 8.02. The van der Waals surface area contributed by atoms with Gasteiger partial charge >= 0.3 is 11.9 Å². The molecule has 0 aliphatic carbocycles. The van der Waals surface area contributed by atoms with Gasteiger partial charge in [-0.3, -0.25) is 24.5 Å². The molecule has 1 fully saturated rings. The van der Waals surface area contributed by atoms with Crippen LogP contribution >= 0.6 is 68.4 Å². The van der Waals surface area contributed by atoms with E-state index in [4.69, 9.17) is 20.9 Å². The van der Waals surface area contributed by atoms with E-state index in [2.05, 4.69) is 41.2 Å². The number of ether oxygens (including phenoxy) is 2. The number of sulfone groups is 1. The Kier molecular flexibility index (Phi) is 20.4. The van der Waals surface area contributed by atoms with E-state index in [1.165, 1.54) is 24.3 Å². The fraction of sp³-hybridized carbons (Fsp3) is 0.471. The largest absolute Gasteiger partial charge is 0.464 e. The number of nitrogens with two attached hydrogens (primary N) is 2. The fourth-order valence-electron chi connectivity index (χ4n) is 5.32. The van der Waals surface area contributed by atoms with Gasteiger partial charge in [-0.1, -0.05) is 82.3 Å². The molecule has 1 heterocycles. The molecular weight excluding hydrogens is 863 g/mol. The molecular formula is C34H45N5O10S7. The molecule has 0 bridgehead atoms. The van der Waals surface area contributed by atoms with E-state index in [9.17, 15) is 37.2 Å². The highest BCUT2D eigenvalue weighted by atomic mass is 33.1. The van der Waals surface area contributed by atoms with Crippen molar-refractivity contribution in [3.05, 3.63) is 71.8 Å². The highest BCUT2D eigenvalue weighted by molar-refractivity contribution is 8.82. The van der Waals surface area contributed by atoms with Crippen molar-refractivity contribution in [2.75, 3.05) is 36.2 Å². The topological polar surface area (TPSA) is 243 Å². The second-order valence-corrected chi connectivity index (χ2v) is 19.6. The van der Waals surface area contributed by atoms with Gasteiger partial charge in [-0.15, -0.1) is 0 Å². The molecule has 0 saturated carbocycles. The maximum Gasteiger partial charge on any atom is 0.329 e. The molecule has 15 nitrogen and oxygen atoms in total. The van der Waals surface area contributed by atoms with Crippen molar-refractivity contribution in [3.8, 4) is 0 Å². The lowest BCUT2D eigenvalue weighted by Gasteiger charge is -2.41. The van der Waals surface area contributed by atoms with Gasteiger partial charge in [0, 0.05) is 23.0 Å². The molecule has 7 N–H and O–H groups in total. The van der Waals surface area contributed by atoms with E-state index < -0.39 is 90.6 Å². The van der Waals surface area contributed by atoms with Crippen LogP contribution in [0.15, 0.2) is 60.7 Å². The Morgan fingerprint density at radius 3 is 1.38 bits per heavy atom. The minimum atomic E-state index is -4.54. The Morgan fingerprint density at radius 2 is 1.05 bits per heavy atom. The van der Waals surface area contributed by atoms with Crippen molar-refractivity contribution < 1.29 is 46.7 Å². The Labute approximate surface area is 352 Å². The third kappa shape index (κ3) is 13.3. The van der Waals surface area contributed by atoms with Crippen LogP contribution in [-0.4, -0.2) is 115 Å². The first-order chi connectivity index (χ1) is 26.7. The summed E-state index contributed by atoms with van der Waals surface area (Å²) >= 11 is 8.05. The lowest BCUT2D eigenvalue weighted by Crippen LogP contribution is -2.66. The summed E-state index contributed by atoms with van der Waals surface area (Å²) in [5.41, 5.74) is 12.0. The van der Waals surface area contributed by atoms with Gasteiger partial charge in [0.1, 0.15) is 34.7 Å². The van der Waals surface area contributed by atoms with Crippen molar-refractivity contribution in [2.24, 2.45) is 11.5 Å². The molecule has 56 heavy (non-hydrogen) atoms. The van der Waals surface area contributed by atoms with Crippen LogP contribution in [0.3, 0.4) is 0 Å².